The fourth-order valence-corrected chi connectivity index (χ4v) is 2.77. The highest BCUT2D eigenvalue weighted by molar-refractivity contribution is 7.98. The van der Waals surface area contributed by atoms with E-state index in [1.54, 1.807) is 30.0 Å². The lowest BCUT2D eigenvalue weighted by Crippen LogP contribution is -2.23. The van der Waals surface area contributed by atoms with Crippen LogP contribution in [0.25, 0.3) is 6.08 Å². The van der Waals surface area contributed by atoms with Gasteiger partial charge in [0.1, 0.15) is 5.82 Å². The third kappa shape index (κ3) is 6.89. The molecule has 1 N–H and O–H groups in total. The first-order valence-electron chi connectivity index (χ1n) is 7.17. The van der Waals surface area contributed by atoms with Crippen molar-refractivity contribution in [1.82, 2.24) is 5.32 Å². The van der Waals surface area contributed by atoms with E-state index in [2.05, 4.69) is 5.32 Å². The summed E-state index contributed by atoms with van der Waals surface area (Å²) in [5, 5.41) is 3.55. The number of hydrogen-bond acceptors (Lipinski definition) is 2. The Morgan fingerprint density at radius 2 is 1.83 bits per heavy atom. The van der Waals surface area contributed by atoms with Crippen molar-refractivity contribution in [2.24, 2.45) is 0 Å². The Bertz CT molecular complexity index is 656. The van der Waals surface area contributed by atoms with Crippen molar-refractivity contribution >= 4 is 35.3 Å². The Morgan fingerprint density at radius 3 is 2.52 bits per heavy atom. The van der Waals surface area contributed by atoms with E-state index in [0.717, 1.165) is 22.1 Å². The number of benzene rings is 2. The highest BCUT2D eigenvalue weighted by atomic mass is 35.5. The second-order valence-corrected chi connectivity index (χ2v) is 6.40. The van der Waals surface area contributed by atoms with Gasteiger partial charge < -0.3 is 5.32 Å². The minimum atomic E-state index is -0.288. The molecule has 0 saturated heterocycles. The van der Waals surface area contributed by atoms with Crippen LogP contribution in [0.2, 0.25) is 5.02 Å². The lowest BCUT2D eigenvalue weighted by Gasteiger charge is -2.03. The maximum absolute atomic E-state index is 12.8. The predicted molar refractivity (Wildman–Crippen MR) is 96.1 cm³/mol. The van der Waals surface area contributed by atoms with Gasteiger partial charge in [-0.15, -0.1) is 0 Å². The van der Waals surface area contributed by atoms with Crippen LogP contribution in [0.4, 0.5) is 4.39 Å². The van der Waals surface area contributed by atoms with Crippen molar-refractivity contribution in [1.29, 1.82) is 0 Å². The summed E-state index contributed by atoms with van der Waals surface area (Å²) in [5.74, 6) is 1.28. The lowest BCUT2D eigenvalue weighted by atomic mass is 10.2. The van der Waals surface area contributed by atoms with Crippen LogP contribution in [-0.4, -0.2) is 18.2 Å². The predicted octanol–water partition coefficient (Wildman–Crippen LogP) is 4.54. The first kappa shape index (κ1) is 17.6. The molecule has 0 aliphatic carbocycles. The van der Waals surface area contributed by atoms with E-state index >= 15 is 0 Å². The van der Waals surface area contributed by atoms with E-state index in [1.165, 1.54) is 23.8 Å². The molecule has 0 aromatic heterocycles. The molecule has 0 bridgehead atoms. The van der Waals surface area contributed by atoms with Crippen LogP contribution in [0.15, 0.2) is 54.6 Å². The molecule has 0 saturated carbocycles. The van der Waals surface area contributed by atoms with Gasteiger partial charge in [0, 0.05) is 29.1 Å². The first-order chi connectivity index (χ1) is 11.1. The Kier molecular flexibility index (Phi) is 7.17. The molecule has 1 amide bonds. The summed E-state index contributed by atoms with van der Waals surface area (Å²) in [6, 6.07) is 13.7. The molecule has 2 aromatic rings. The average Bonchev–Trinajstić information content (AvgIpc) is 2.56. The number of thioether (sulfide) groups is 1. The molecule has 120 valence electrons. The monoisotopic (exact) mass is 349 g/mol. The highest BCUT2D eigenvalue weighted by Gasteiger charge is 1.97. The molecular formula is C18H17ClFNOS. The number of amides is 1. The van der Waals surface area contributed by atoms with Gasteiger partial charge in [0.25, 0.3) is 0 Å². The van der Waals surface area contributed by atoms with Crippen LogP contribution in [0.3, 0.4) is 0 Å². The number of halogens is 2. The van der Waals surface area contributed by atoms with Crippen molar-refractivity contribution in [3.05, 3.63) is 76.6 Å². The lowest BCUT2D eigenvalue weighted by molar-refractivity contribution is -0.116. The molecule has 0 aliphatic rings. The zero-order valence-corrected chi connectivity index (χ0v) is 14.0. The van der Waals surface area contributed by atoms with Gasteiger partial charge in [-0.3, -0.25) is 4.79 Å². The van der Waals surface area contributed by atoms with Crippen molar-refractivity contribution in [2.45, 2.75) is 5.75 Å². The summed E-state index contributed by atoms with van der Waals surface area (Å²) in [6.07, 6.45) is 3.12. The van der Waals surface area contributed by atoms with Crippen LogP contribution >= 0.6 is 23.4 Å². The van der Waals surface area contributed by atoms with Crippen LogP contribution < -0.4 is 5.32 Å². The van der Waals surface area contributed by atoms with E-state index < -0.39 is 0 Å². The van der Waals surface area contributed by atoms with Crippen LogP contribution in [0.1, 0.15) is 11.1 Å². The molecule has 0 atom stereocenters. The summed E-state index contributed by atoms with van der Waals surface area (Å²) in [4.78, 5) is 11.7. The quantitative estimate of drug-likeness (QED) is 0.587. The fourth-order valence-electron chi connectivity index (χ4n) is 1.82. The third-order valence-corrected chi connectivity index (χ3v) is 4.31. The number of nitrogens with one attached hydrogen (secondary N) is 1. The normalized spacial score (nSPS) is 10.9. The Hall–Kier alpha value is -1.78. The Morgan fingerprint density at radius 1 is 1.13 bits per heavy atom. The van der Waals surface area contributed by atoms with Crippen LogP contribution in [0, 0.1) is 5.82 Å². The molecule has 0 aliphatic heterocycles. The summed E-state index contributed by atoms with van der Waals surface area (Å²) >= 11 is 7.58. The van der Waals surface area contributed by atoms with Crippen molar-refractivity contribution in [3.63, 3.8) is 0 Å². The molecular weight excluding hydrogens is 333 g/mol. The number of rotatable bonds is 7. The molecule has 0 fully saturated rings. The third-order valence-electron chi connectivity index (χ3n) is 3.02. The standard InChI is InChI=1S/C18H17ClFNOS/c19-16-6-1-15(2-7-16)13-23-12-11-21-18(22)10-5-14-3-8-17(20)9-4-14/h1-10H,11-13H2,(H,21,22)/b10-5+. The molecule has 0 spiro atoms. The van der Waals surface area contributed by atoms with Gasteiger partial charge in [-0.05, 0) is 41.5 Å². The maximum Gasteiger partial charge on any atom is 0.244 e. The van der Waals surface area contributed by atoms with E-state index in [-0.39, 0.29) is 11.7 Å². The smallest absolute Gasteiger partial charge is 0.244 e. The minimum absolute atomic E-state index is 0.151. The average molecular weight is 350 g/mol. The number of hydrogen-bond donors (Lipinski definition) is 1. The number of carbonyl (C=O) groups excluding carboxylic acids is 1. The molecule has 5 heteroatoms. The van der Waals surface area contributed by atoms with Gasteiger partial charge in [-0.2, -0.15) is 11.8 Å². The van der Waals surface area contributed by atoms with Gasteiger partial charge >= 0.3 is 0 Å². The molecule has 23 heavy (non-hydrogen) atoms. The Balaban J connectivity index is 1.63. The van der Waals surface area contributed by atoms with E-state index in [9.17, 15) is 9.18 Å². The van der Waals surface area contributed by atoms with Crippen LogP contribution in [-0.2, 0) is 10.5 Å². The van der Waals surface area contributed by atoms with Gasteiger partial charge in [-0.25, -0.2) is 4.39 Å². The van der Waals surface area contributed by atoms with Crippen molar-refractivity contribution in [3.8, 4) is 0 Å². The van der Waals surface area contributed by atoms with Crippen LogP contribution in [0.5, 0.6) is 0 Å². The summed E-state index contributed by atoms with van der Waals surface area (Å²) in [5.41, 5.74) is 2.00. The zero-order chi connectivity index (χ0) is 16.5. The summed E-state index contributed by atoms with van der Waals surface area (Å²) < 4.78 is 12.8. The van der Waals surface area contributed by atoms with E-state index in [0.29, 0.717) is 6.54 Å². The largest absolute Gasteiger partial charge is 0.352 e. The molecule has 2 nitrogen and oxygen atoms in total. The Labute approximate surface area is 144 Å². The van der Waals surface area contributed by atoms with E-state index in [4.69, 9.17) is 11.6 Å². The zero-order valence-electron chi connectivity index (χ0n) is 12.5. The number of carbonyl (C=O) groups is 1. The second kappa shape index (κ2) is 9.38. The maximum atomic E-state index is 12.8. The molecule has 0 heterocycles. The highest BCUT2D eigenvalue weighted by Crippen LogP contribution is 2.15. The van der Waals surface area contributed by atoms with Crippen molar-refractivity contribution < 1.29 is 9.18 Å². The second-order valence-electron chi connectivity index (χ2n) is 4.85. The summed E-state index contributed by atoms with van der Waals surface area (Å²) in [7, 11) is 0. The topological polar surface area (TPSA) is 29.1 Å². The SMILES string of the molecule is O=C(/C=C/c1ccc(F)cc1)NCCSCc1ccc(Cl)cc1. The van der Waals surface area contributed by atoms with Gasteiger partial charge in [-0.1, -0.05) is 35.9 Å². The van der Waals surface area contributed by atoms with Gasteiger partial charge in [0.15, 0.2) is 0 Å². The molecule has 0 radical (unpaired) electrons. The van der Waals surface area contributed by atoms with Crippen molar-refractivity contribution in [2.75, 3.05) is 12.3 Å². The fraction of sp³-hybridized carbons (Fsp3) is 0.167. The molecule has 2 aromatic carbocycles. The van der Waals surface area contributed by atoms with Gasteiger partial charge in [0.2, 0.25) is 5.91 Å². The first-order valence-corrected chi connectivity index (χ1v) is 8.70. The summed E-state index contributed by atoms with van der Waals surface area (Å²) in [6.45, 7) is 0.602. The van der Waals surface area contributed by atoms with E-state index in [1.807, 2.05) is 24.3 Å². The molecule has 0 unspecified atom stereocenters. The van der Waals surface area contributed by atoms with Gasteiger partial charge in [0.05, 0.1) is 0 Å². The molecule has 2 rings (SSSR count). The minimum Gasteiger partial charge on any atom is -0.352 e.